The number of benzene rings is 2. The fourth-order valence-corrected chi connectivity index (χ4v) is 2.18. The van der Waals surface area contributed by atoms with Gasteiger partial charge in [0.1, 0.15) is 11.6 Å². The van der Waals surface area contributed by atoms with Crippen molar-refractivity contribution in [3.8, 4) is 0 Å². The number of para-hydroxylation sites is 1. The molecule has 2 aromatic carbocycles. The zero-order valence-electron chi connectivity index (χ0n) is 13.3. The summed E-state index contributed by atoms with van der Waals surface area (Å²) in [6, 6.07) is 12.3. The molecule has 1 aromatic heterocycles. The molecule has 3 rings (SSSR count). The molecule has 0 radical (unpaired) electrons. The molecule has 0 bridgehead atoms. The van der Waals surface area contributed by atoms with Gasteiger partial charge < -0.3 is 10.2 Å². The Labute approximate surface area is 143 Å². The number of hydrogen-bond acceptors (Lipinski definition) is 4. The fourth-order valence-electron chi connectivity index (χ4n) is 2.18. The Hall–Kier alpha value is -3.35. The van der Waals surface area contributed by atoms with Gasteiger partial charge in [0.05, 0.1) is 11.3 Å². The second-order valence-corrected chi connectivity index (χ2v) is 5.24. The van der Waals surface area contributed by atoms with Gasteiger partial charge in [-0.2, -0.15) is 0 Å². The zero-order valence-corrected chi connectivity index (χ0v) is 13.3. The molecule has 0 saturated carbocycles. The molecule has 0 fully saturated rings. The van der Waals surface area contributed by atoms with E-state index in [1.54, 1.807) is 7.05 Å². The molecule has 1 N–H and O–H groups in total. The van der Waals surface area contributed by atoms with Gasteiger partial charge >= 0.3 is 0 Å². The highest BCUT2D eigenvalue weighted by molar-refractivity contribution is 6.05. The maximum atomic E-state index is 13.6. The minimum atomic E-state index is -0.757. The first-order valence-corrected chi connectivity index (χ1v) is 7.42. The molecule has 0 aliphatic heterocycles. The summed E-state index contributed by atoms with van der Waals surface area (Å²) in [4.78, 5) is 21.9. The van der Waals surface area contributed by atoms with Gasteiger partial charge in [-0.1, -0.05) is 18.2 Å². The van der Waals surface area contributed by atoms with Crippen molar-refractivity contribution in [2.24, 2.45) is 0 Å². The van der Waals surface area contributed by atoms with Gasteiger partial charge in [-0.15, -0.1) is 0 Å². The molecular weight excluding hydrogens is 326 g/mol. The number of hydrogen-bond donors (Lipinski definition) is 1. The van der Waals surface area contributed by atoms with Gasteiger partial charge in [0, 0.05) is 31.2 Å². The van der Waals surface area contributed by atoms with Crippen molar-refractivity contribution in [3.63, 3.8) is 0 Å². The Morgan fingerprint density at radius 1 is 1.04 bits per heavy atom. The number of amides is 1. The van der Waals surface area contributed by atoms with Crippen LogP contribution in [0.15, 0.2) is 60.9 Å². The number of rotatable bonds is 4. The van der Waals surface area contributed by atoms with Crippen molar-refractivity contribution in [2.45, 2.75) is 0 Å². The number of nitrogens with one attached hydrogen (secondary N) is 1. The van der Waals surface area contributed by atoms with Gasteiger partial charge in [-0.05, 0) is 24.3 Å². The van der Waals surface area contributed by atoms with Crippen molar-refractivity contribution in [1.29, 1.82) is 0 Å². The van der Waals surface area contributed by atoms with E-state index in [-0.39, 0.29) is 23.1 Å². The summed E-state index contributed by atoms with van der Waals surface area (Å²) in [6.45, 7) is 0. The second kappa shape index (κ2) is 7.04. The average Bonchev–Trinajstić information content (AvgIpc) is 2.64. The molecule has 0 unspecified atom stereocenters. The highest BCUT2D eigenvalue weighted by Gasteiger charge is 2.14. The normalized spacial score (nSPS) is 10.4. The van der Waals surface area contributed by atoms with E-state index in [0.29, 0.717) is 0 Å². The minimum Gasteiger partial charge on any atom is -0.322 e. The van der Waals surface area contributed by atoms with Gasteiger partial charge in [-0.3, -0.25) is 4.79 Å². The van der Waals surface area contributed by atoms with Gasteiger partial charge in [0.2, 0.25) is 5.95 Å². The maximum absolute atomic E-state index is 13.6. The van der Waals surface area contributed by atoms with Crippen LogP contribution in [0.2, 0.25) is 0 Å². The second-order valence-electron chi connectivity index (χ2n) is 5.24. The average molecular weight is 340 g/mol. The molecule has 0 aliphatic carbocycles. The molecule has 0 atom stereocenters. The van der Waals surface area contributed by atoms with Crippen molar-refractivity contribution < 1.29 is 13.6 Å². The highest BCUT2D eigenvalue weighted by atomic mass is 19.1. The highest BCUT2D eigenvalue weighted by Crippen LogP contribution is 2.19. The third-order valence-corrected chi connectivity index (χ3v) is 3.52. The smallest absolute Gasteiger partial charge is 0.261 e. The number of aromatic nitrogens is 2. The fraction of sp³-hybridized carbons (Fsp3) is 0.0556. The van der Waals surface area contributed by atoms with Crippen LogP contribution in [0.3, 0.4) is 0 Å². The van der Waals surface area contributed by atoms with Gasteiger partial charge in [0.15, 0.2) is 0 Å². The van der Waals surface area contributed by atoms with Gasteiger partial charge in [0.25, 0.3) is 5.91 Å². The van der Waals surface area contributed by atoms with E-state index in [4.69, 9.17) is 0 Å². The number of nitrogens with zero attached hydrogens (tertiary/aromatic N) is 3. The number of anilines is 3. The van der Waals surface area contributed by atoms with Crippen molar-refractivity contribution >= 4 is 23.2 Å². The lowest BCUT2D eigenvalue weighted by molar-refractivity contribution is 0.0992. The number of halogens is 2. The van der Waals surface area contributed by atoms with Crippen LogP contribution >= 0.6 is 0 Å². The van der Waals surface area contributed by atoms with E-state index >= 15 is 0 Å². The summed E-state index contributed by atoms with van der Waals surface area (Å²) >= 11 is 0. The predicted octanol–water partition coefficient (Wildman–Crippen LogP) is 3.78. The van der Waals surface area contributed by atoms with Crippen LogP contribution in [0.1, 0.15) is 10.4 Å². The van der Waals surface area contributed by atoms with Gasteiger partial charge in [-0.25, -0.2) is 18.7 Å². The molecule has 5 nitrogen and oxygen atoms in total. The Bertz CT molecular complexity index is 885. The summed E-state index contributed by atoms with van der Waals surface area (Å²) in [7, 11) is 1.65. The SMILES string of the molecule is CN(C(=O)c1cnc(Nc2ccc(F)cc2F)nc1)c1ccccc1. The maximum Gasteiger partial charge on any atom is 0.261 e. The van der Waals surface area contributed by atoms with Crippen LogP contribution in [-0.2, 0) is 0 Å². The van der Waals surface area contributed by atoms with E-state index in [1.165, 1.54) is 23.4 Å². The minimum absolute atomic E-state index is 0.0434. The first kappa shape index (κ1) is 16.5. The Morgan fingerprint density at radius 2 is 1.72 bits per heavy atom. The first-order chi connectivity index (χ1) is 12.0. The third-order valence-electron chi connectivity index (χ3n) is 3.52. The van der Waals surface area contributed by atoms with E-state index in [0.717, 1.165) is 17.8 Å². The summed E-state index contributed by atoms with van der Waals surface area (Å²) in [5.41, 5.74) is 1.07. The number of carbonyl (C=O) groups excluding carboxylic acids is 1. The zero-order chi connectivity index (χ0) is 17.8. The van der Waals surface area contributed by atoms with Crippen molar-refractivity contribution in [3.05, 3.63) is 78.1 Å². The summed E-state index contributed by atoms with van der Waals surface area (Å²) < 4.78 is 26.5. The number of carbonyl (C=O) groups is 1. The monoisotopic (exact) mass is 340 g/mol. The third kappa shape index (κ3) is 3.77. The van der Waals surface area contributed by atoms with Crippen LogP contribution in [0, 0.1) is 11.6 Å². The first-order valence-electron chi connectivity index (χ1n) is 7.42. The lowest BCUT2D eigenvalue weighted by atomic mass is 10.2. The van der Waals surface area contributed by atoms with E-state index in [1.807, 2.05) is 30.3 Å². The molecule has 0 aliphatic rings. The molecule has 0 spiro atoms. The molecule has 0 saturated heterocycles. The Balaban J connectivity index is 1.74. The van der Waals surface area contributed by atoms with Crippen LogP contribution in [0.4, 0.5) is 26.1 Å². The van der Waals surface area contributed by atoms with E-state index in [2.05, 4.69) is 15.3 Å². The van der Waals surface area contributed by atoms with E-state index < -0.39 is 11.6 Å². The molecule has 7 heteroatoms. The summed E-state index contributed by atoms with van der Waals surface area (Å²) in [5.74, 6) is -1.60. The largest absolute Gasteiger partial charge is 0.322 e. The Kier molecular flexibility index (Phi) is 4.65. The summed E-state index contributed by atoms with van der Waals surface area (Å²) in [6.07, 6.45) is 2.69. The van der Waals surface area contributed by atoms with E-state index in [9.17, 15) is 13.6 Å². The standard InChI is InChI=1S/C18H14F2N4O/c1-24(14-5-3-2-4-6-14)17(25)12-10-21-18(22-11-12)23-16-8-7-13(19)9-15(16)20/h2-11H,1H3,(H,21,22,23). The molecule has 25 heavy (non-hydrogen) atoms. The van der Waals surface area contributed by atoms with Crippen LogP contribution in [0.5, 0.6) is 0 Å². The molecule has 1 amide bonds. The summed E-state index contributed by atoms with van der Waals surface area (Å²) in [5, 5.41) is 2.64. The van der Waals surface area contributed by atoms with Crippen LogP contribution in [0.25, 0.3) is 0 Å². The van der Waals surface area contributed by atoms with Crippen LogP contribution < -0.4 is 10.2 Å². The van der Waals surface area contributed by atoms with Crippen LogP contribution in [-0.4, -0.2) is 22.9 Å². The Morgan fingerprint density at radius 3 is 2.36 bits per heavy atom. The predicted molar refractivity (Wildman–Crippen MR) is 90.8 cm³/mol. The molecule has 126 valence electrons. The molecular formula is C18H14F2N4O. The molecule has 3 aromatic rings. The quantitative estimate of drug-likeness (QED) is 0.785. The lowest BCUT2D eigenvalue weighted by Crippen LogP contribution is -2.26. The molecule has 1 heterocycles. The van der Waals surface area contributed by atoms with Crippen molar-refractivity contribution in [2.75, 3.05) is 17.3 Å². The topological polar surface area (TPSA) is 58.1 Å². The lowest BCUT2D eigenvalue weighted by Gasteiger charge is -2.17. The van der Waals surface area contributed by atoms with Crippen molar-refractivity contribution in [1.82, 2.24) is 9.97 Å².